The molecule has 20 heavy (non-hydrogen) atoms. The first-order chi connectivity index (χ1) is 9.16. The Morgan fingerprint density at radius 3 is 2.80 bits per heavy atom. The molecule has 2 rings (SSSR count). The van der Waals surface area contributed by atoms with Crippen LogP contribution in [0, 0.1) is 5.92 Å². The number of rotatable bonds is 4. The van der Waals surface area contributed by atoms with E-state index in [1.165, 1.54) is 0 Å². The van der Waals surface area contributed by atoms with Gasteiger partial charge < -0.3 is 10.6 Å². The van der Waals surface area contributed by atoms with Crippen LogP contribution in [0.25, 0.3) is 0 Å². The molecule has 2 atom stereocenters. The van der Waals surface area contributed by atoms with Crippen molar-refractivity contribution in [2.45, 2.75) is 30.7 Å². The molecule has 1 aliphatic rings. The minimum absolute atomic E-state index is 0. The van der Waals surface area contributed by atoms with Gasteiger partial charge in [0, 0.05) is 24.0 Å². The summed E-state index contributed by atoms with van der Waals surface area (Å²) in [6.45, 7) is 3.75. The Kier molecular flexibility index (Phi) is 7.41. The van der Waals surface area contributed by atoms with E-state index >= 15 is 0 Å². The Labute approximate surface area is 131 Å². The molecule has 2 unspecified atom stereocenters. The fourth-order valence-electron chi connectivity index (χ4n) is 2.42. The van der Waals surface area contributed by atoms with E-state index in [0.717, 1.165) is 30.8 Å². The maximum atomic E-state index is 12.2. The normalized spacial score (nSPS) is 20.1. The van der Waals surface area contributed by atoms with Crippen LogP contribution in [0.15, 0.2) is 35.2 Å². The van der Waals surface area contributed by atoms with Crippen molar-refractivity contribution in [1.29, 1.82) is 0 Å². The minimum atomic E-state index is 0. The highest BCUT2D eigenvalue weighted by atomic mass is 35.5. The van der Waals surface area contributed by atoms with E-state index in [1.54, 1.807) is 11.8 Å². The third kappa shape index (κ3) is 5.00. The Balaban J connectivity index is 0.00000200. The topological polar surface area (TPSA) is 46.3 Å². The van der Waals surface area contributed by atoms with Gasteiger partial charge in [-0.15, -0.1) is 24.2 Å². The van der Waals surface area contributed by atoms with Crippen LogP contribution < -0.4 is 5.73 Å². The van der Waals surface area contributed by atoms with Gasteiger partial charge in [0.25, 0.3) is 0 Å². The maximum Gasteiger partial charge on any atom is 0.232 e. The van der Waals surface area contributed by atoms with E-state index in [4.69, 9.17) is 5.73 Å². The number of piperidine rings is 1. The first-order valence-corrected chi connectivity index (χ1v) is 7.86. The first kappa shape index (κ1) is 17.3. The number of carbonyl (C=O) groups is 1. The van der Waals surface area contributed by atoms with Crippen molar-refractivity contribution >= 4 is 30.1 Å². The van der Waals surface area contributed by atoms with Gasteiger partial charge in [0.1, 0.15) is 0 Å². The molecule has 1 saturated heterocycles. The van der Waals surface area contributed by atoms with Crippen molar-refractivity contribution in [3.05, 3.63) is 30.3 Å². The number of hydrogen-bond donors (Lipinski definition) is 1. The number of thioether (sulfide) groups is 1. The van der Waals surface area contributed by atoms with Crippen molar-refractivity contribution < 1.29 is 4.79 Å². The molecule has 1 heterocycles. The Morgan fingerprint density at radius 2 is 2.15 bits per heavy atom. The van der Waals surface area contributed by atoms with E-state index in [9.17, 15) is 4.79 Å². The number of benzene rings is 1. The highest BCUT2D eigenvalue weighted by molar-refractivity contribution is 8.00. The molecule has 2 N–H and O–H groups in total. The number of nitrogens with zero attached hydrogens (tertiary/aromatic N) is 1. The second kappa shape index (κ2) is 8.55. The lowest BCUT2D eigenvalue weighted by Gasteiger charge is -2.34. The van der Waals surface area contributed by atoms with Gasteiger partial charge >= 0.3 is 0 Å². The summed E-state index contributed by atoms with van der Waals surface area (Å²) in [5, 5.41) is 0. The van der Waals surface area contributed by atoms with Gasteiger partial charge in [-0.3, -0.25) is 4.79 Å². The zero-order chi connectivity index (χ0) is 13.7. The molecule has 3 nitrogen and oxygen atoms in total. The monoisotopic (exact) mass is 314 g/mol. The Hall–Kier alpha value is -0.710. The number of nitrogens with two attached hydrogens (primary N) is 1. The molecule has 5 heteroatoms. The van der Waals surface area contributed by atoms with Crippen LogP contribution >= 0.6 is 24.2 Å². The van der Waals surface area contributed by atoms with Crippen molar-refractivity contribution in [2.75, 3.05) is 18.8 Å². The lowest BCUT2D eigenvalue weighted by Crippen LogP contribution is -2.45. The highest BCUT2D eigenvalue weighted by Crippen LogP contribution is 2.22. The predicted molar refractivity (Wildman–Crippen MR) is 87.4 cm³/mol. The summed E-state index contributed by atoms with van der Waals surface area (Å²) in [6.07, 6.45) is 2.22. The summed E-state index contributed by atoms with van der Waals surface area (Å²) in [6, 6.07) is 10.2. The molecule has 0 bridgehead atoms. The van der Waals surface area contributed by atoms with Gasteiger partial charge in [0.15, 0.2) is 0 Å². The van der Waals surface area contributed by atoms with Gasteiger partial charge in [-0.05, 0) is 37.8 Å². The molecule has 1 fully saturated rings. The van der Waals surface area contributed by atoms with Gasteiger partial charge in [0.05, 0.1) is 5.75 Å². The summed E-state index contributed by atoms with van der Waals surface area (Å²) < 4.78 is 0. The van der Waals surface area contributed by atoms with E-state index in [0.29, 0.717) is 11.7 Å². The predicted octanol–water partition coefficient (Wildman–Crippen LogP) is 2.79. The van der Waals surface area contributed by atoms with Crippen LogP contribution in [0.5, 0.6) is 0 Å². The lowest BCUT2D eigenvalue weighted by molar-refractivity contribution is -0.130. The minimum Gasteiger partial charge on any atom is -0.342 e. The maximum absolute atomic E-state index is 12.2. The molecule has 0 radical (unpaired) electrons. The molecule has 0 aromatic heterocycles. The summed E-state index contributed by atoms with van der Waals surface area (Å²) in [4.78, 5) is 15.3. The first-order valence-electron chi connectivity index (χ1n) is 6.88. The summed E-state index contributed by atoms with van der Waals surface area (Å²) in [5.41, 5.74) is 5.95. The van der Waals surface area contributed by atoms with Gasteiger partial charge in [-0.2, -0.15) is 0 Å². The van der Waals surface area contributed by atoms with Crippen molar-refractivity contribution in [1.82, 2.24) is 4.90 Å². The van der Waals surface area contributed by atoms with Gasteiger partial charge in [-0.25, -0.2) is 0 Å². The fourth-order valence-corrected chi connectivity index (χ4v) is 3.24. The van der Waals surface area contributed by atoms with Crippen LogP contribution in [-0.2, 0) is 4.79 Å². The summed E-state index contributed by atoms with van der Waals surface area (Å²) in [7, 11) is 0. The molecule has 1 aromatic carbocycles. The van der Waals surface area contributed by atoms with Gasteiger partial charge in [0.2, 0.25) is 5.91 Å². The number of likely N-dealkylation sites (tertiary alicyclic amines) is 1. The van der Waals surface area contributed by atoms with Crippen LogP contribution in [-0.4, -0.2) is 35.7 Å². The van der Waals surface area contributed by atoms with Gasteiger partial charge in [-0.1, -0.05) is 18.2 Å². The third-order valence-corrected chi connectivity index (χ3v) is 4.66. The highest BCUT2D eigenvalue weighted by Gasteiger charge is 2.25. The van der Waals surface area contributed by atoms with Crippen LogP contribution in [0.2, 0.25) is 0 Å². The molecule has 1 amide bonds. The molecular formula is C15H23ClN2OS. The molecule has 1 aliphatic heterocycles. The summed E-state index contributed by atoms with van der Waals surface area (Å²) >= 11 is 1.61. The second-order valence-electron chi connectivity index (χ2n) is 5.20. The van der Waals surface area contributed by atoms with Crippen molar-refractivity contribution in [3.63, 3.8) is 0 Å². The number of amides is 1. The number of hydrogen-bond acceptors (Lipinski definition) is 3. The largest absolute Gasteiger partial charge is 0.342 e. The molecule has 0 saturated carbocycles. The average Bonchev–Trinajstić information content (AvgIpc) is 2.46. The molecule has 112 valence electrons. The second-order valence-corrected chi connectivity index (χ2v) is 6.25. The van der Waals surface area contributed by atoms with Crippen molar-refractivity contribution in [3.8, 4) is 0 Å². The van der Waals surface area contributed by atoms with E-state index in [1.807, 2.05) is 42.2 Å². The molecule has 0 spiro atoms. The van der Waals surface area contributed by atoms with E-state index in [2.05, 4.69) is 0 Å². The SMILES string of the molecule is CC(N)C1CCCN(C(=O)CSc2ccccc2)C1.Cl. The standard InChI is InChI=1S/C15H22N2OS.ClH/c1-12(16)13-6-5-9-17(10-13)15(18)11-19-14-7-3-2-4-8-14;/h2-4,7-8,12-13H,5-6,9-11,16H2,1H3;1H. The van der Waals surface area contributed by atoms with Crippen LogP contribution in [0.4, 0.5) is 0 Å². The van der Waals surface area contributed by atoms with Crippen molar-refractivity contribution in [2.24, 2.45) is 11.7 Å². The third-order valence-electron chi connectivity index (χ3n) is 3.66. The van der Waals surface area contributed by atoms with Crippen LogP contribution in [0.3, 0.4) is 0 Å². The smallest absolute Gasteiger partial charge is 0.232 e. The zero-order valence-corrected chi connectivity index (χ0v) is 13.5. The number of carbonyl (C=O) groups excluding carboxylic acids is 1. The van der Waals surface area contributed by atoms with Crippen LogP contribution in [0.1, 0.15) is 19.8 Å². The lowest BCUT2D eigenvalue weighted by atomic mass is 9.92. The Bertz CT molecular complexity index is 414. The van der Waals surface area contributed by atoms with E-state index in [-0.39, 0.29) is 24.4 Å². The van der Waals surface area contributed by atoms with E-state index < -0.39 is 0 Å². The fraction of sp³-hybridized carbons (Fsp3) is 0.533. The molecule has 0 aliphatic carbocycles. The number of halogens is 1. The molecule has 1 aromatic rings. The zero-order valence-electron chi connectivity index (χ0n) is 11.8. The quantitative estimate of drug-likeness (QED) is 0.869. The summed E-state index contributed by atoms with van der Waals surface area (Å²) in [5.74, 6) is 1.22. The average molecular weight is 315 g/mol. The Morgan fingerprint density at radius 1 is 1.45 bits per heavy atom. The molecular weight excluding hydrogens is 292 g/mol.